The molecule has 0 aliphatic carbocycles. The Hall–Kier alpha value is -4.12. The minimum absolute atomic E-state index is 0.116. The second-order valence-electron chi connectivity index (χ2n) is 8.88. The van der Waals surface area contributed by atoms with E-state index in [4.69, 9.17) is 14.6 Å². The number of aromatic nitrogens is 2. The first kappa shape index (κ1) is 21.7. The van der Waals surface area contributed by atoms with Crippen LogP contribution >= 0.6 is 0 Å². The molecular weight excluding hydrogens is 424 g/mol. The number of ether oxygens (including phenoxy) is 2. The van der Waals surface area contributed by atoms with E-state index >= 15 is 0 Å². The summed E-state index contributed by atoms with van der Waals surface area (Å²) >= 11 is 0. The van der Waals surface area contributed by atoms with Crippen LogP contribution in [0.15, 0.2) is 84.8 Å². The number of carbonyl (C=O) groups is 1. The fourth-order valence-corrected chi connectivity index (χ4v) is 3.85. The molecule has 5 nitrogen and oxygen atoms in total. The van der Waals surface area contributed by atoms with Crippen LogP contribution in [0.25, 0.3) is 23.0 Å². The molecule has 0 N–H and O–H groups in total. The van der Waals surface area contributed by atoms with Crippen molar-refractivity contribution in [2.45, 2.75) is 20.8 Å². The lowest BCUT2D eigenvalue weighted by Crippen LogP contribution is -2.04. The highest BCUT2D eigenvalue weighted by molar-refractivity contribution is 6.14. The summed E-state index contributed by atoms with van der Waals surface area (Å²) in [5.41, 5.74) is 5.03. The number of para-hydroxylation sites is 1. The highest BCUT2D eigenvalue weighted by Gasteiger charge is 2.28. The summed E-state index contributed by atoms with van der Waals surface area (Å²) in [5.74, 6) is 2.04. The van der Waals surface area contributed by atoms with Crippen LogP contribution in [0.2, 0.25) is 0 Å². The van der Waals surface area contributed by atoms with Crippen LogP contribution in [0, 0.1) is 12.8 Å². The van der Waals surface area contributed by atoms with Gasteiger partial charge >= 0.3 is 0 Å². The van der Waals surface area contributed by atoms with Gasteiger partial charge in [0, 0.05) is 17.3 Å². The third-order valence-electron chi connectivity index (χ3n) is 5.58. The Morgan fingerprint density at radius 2 is 1.79 bits per heavy atom. The van der Waals surface area contributed by atoms with Crippen molar-refractivity contribution >= 4 is 11.9 Å². The SMILES string of the molecule is Cc1ccc2c(c1)C(=O)/C(=C/c1cn(-c3ccccc3)nc1-c1ccc(OCC(C)C)cc1)O2. The van der Waals surface area contributed by atoms with Crippen LogP contribution < -0.4 is 9.47 Å². The van der Waals surface area contributed by atoms with E-state index in [1.54, 1.807) is 6.08 Å². The van der Waals surface area contributed by atoms with Crippen molar-refractivity contribution in [3.8, 4) is 28.4 Å². The van der Waals surface area contributed by atoms with E-state index in [1.807, 2.05) is 90.6 Å². The number of fused-ring (bicyclic) bond motifs is 1. The van der Waals surface area contributed by atoms with E-state index in [-0.39, 0.29) is 5.78 Å². The normalized spacial score (nSPS) is 13.9. The minimum Gasteiger partial charge on any atom is -0.493 e. The Morgan fingerprint density at radius 3 is 2.53 bits per heavy atom. The molecule has 5 heteroatoms. The van der Waals surface area contributed by atoms with Crippen molar-refractivity contribution < 1.29 is 14.3 Å². The van der Waals surface area contributed by atoms with E-state index in [9.17, 15) is 4.79 Å². The van der Waals surface area contributed by atoms with E-state index in [1.165, 1.54) is 0 Å². The molecule has 170 valence electrons. The molecule has 0 saturated carbocycles. The van der Waals surface area contributed by atoms with Gasteiger partial charge in [-0.15, -0.1) is 0 Å². The molecule has 0 saturated heterocycles. The Kier molecular flexibility index (Phi) is 5.76. The second kappa shape index (κ2) is 9.02. The maximum Gasteiger partial charge on any atom is 0.231 e. The summed E-state index contributed by atoms with van der Waals surface area (Å²) in [7, 11) is 0. The molecule has 0 amide bonds. The van der Waals surface area contributed by atoms with Gasteiger partial charge in [-0.05, 0) is 67.4 Å². The predicted octanol–water partition coefficient (Wildman–Crippen LogP) is 6.50. The molecule has 5 rings (SSSR count). The summed E-state index contributed by atoms with van der Waals surface area (Å²) in [6, 6.07) is 23.4. The third kappa shape index (κ3) is 4.37. The first-order valence-electron chi connectivity index (χ1n) is 11.4. The first-order valence-corrected chi connectivity index (χ1v) is 11.4. The van der Waals surface area contributed by atoms with Crippen molar-refractivity contribution in [1.29, 1.82) is 0 Å². The number of aryl methyl sites for hydroxylation is 1. The quantitative estimate of drug-likeness (QED) is 0.315. The highest BCUT2D eigenvalue weighted by atomic mass is 16.5. The maximum atomic E-state index is 13.0. The molecule has 0 atom stereocenters. The molecule has 1 aliphatic heterocycles. The number of Topliss-reactive ketones (excluding diaryl/α,β-unsaturated/α-hetero) is 1. The maximum absolute atomic E-state index is 13.0. The Bertz CT molecular complexity index is 1370. The van der Waals surface area contributed by atoms with Gasteiger partial charge in [-0.3, -0.25) is 4.79 Å². The van der Waals surface area contributed by atoms with Crippen LogP contribution in [0.1, 0.15) is 35.3 Å². The molecular formula is C29H26N2O3. The smallest absolute Gasteiger partial charge is 0.231 e. The Labute approximate surface area is 199 Å². The minimum atomic E-state index is -0.116. The van der Waals surface area contributed by atoms with Crippen LogP contribution in [0.5, 0.6) is 11.5 Å². The average Bonchev–Trinajstić information content (AvgIpc) is 3.40. The number of carbonyl (C=O) groups excluding carboxylic acids is 1. The van der Waals surface area contributed by atoms with Gasteiger partial charge in [0.25, 0.3) is 0 Å². The van der Waals surface area contributed by atoms with Crippen LogP contribution in [0.4, 0.5) is 0 Å². The molecule has 0 bridgehead atoms. The average molecular weight is 451 g/mol. The highest BCUT2D eigenvalue weighted by Crippen LogP contribution is 2.34. The van der Waals surface area contributed by atoms with Crippen LogP contribution in [-0.4, -0.2) is 22.2 Å². The summed E-state index contributed by atoms with van der Waals surface area (Å²) in [6.45, 7) is 6.87. The van der Waals surface area contributed by atoms with Crippen molar-refractivity contribution in [2.75, 3.05) is 6.61 Å². The molecule has 34 heavy (non-hydrogen) atoms. The number of allylic oxidation sites excluding steroid dienone is 1. The zero-order chi connectivity index (χ0) is 23.7. The Balaban J connectivity index is 1.54. The van der Waals surface area contributed by atoms with E-state index in [2.05, 4.69) is 13.8 Å². The fourth-order valence-electron chi connectivity index (χ4n) is 3.85. The lowest BCUT2D eigenvalue weighted by atomic mass is 10.0. The molecule has 3 aromatic carbocycles. The number of nitrogens with zero attached hydrogens (tertiary/aromatic N) is 2. The molecule has 1 aromatic heterocycles. The largest absolute Gasteiger partial charge is 0.493 e. The topological polar surface area (TPSA) is 53.4 Å². The fraction of sp³-hybridized carbons (Fsp3) is 0.172. The van der Waals surface area contributed by atoms with Gasteiger partial charge in [-0.2, -0.15) is 5.10 Å². The van der Waals surface area contributed by atoms with E-state index in [0.717, 1.165) is 33.8 Å². The van der Waals surface area contributed by atoms with Crippen molar-refractivity contribution in [2.24, 2.45) is 5.92 Å². The van der Waals surface area contributed by atoms with Gasteiger partial charge in [-0.25, -0.2) is 4.68 Å². The summed E-state index contributed by atoms with van der Waals surface area (Å²) in [6.07, 6.45) is 3.70. The molecule has 2 heterocycles. The summed E-state index contributed by atoms with van der Waals surface area (Å²) in [4.78, 5) is 13.0. The first-order chi connectivity index (χ1) is 16.5. The van der Waals surface area contributed by atoms with Crippen molar-refractivity contribution in [3.05, 3.63) is 101 Å². The molecule has 0 radical (unpaired) electrons. The number of hydrogen-bond acceptors (Lipinski definition) is 4. The monoisotopic (exact) mass is 450 g/mol. The third-order valence-corrected chi connectivity index (χ3v) is 5.58. The molecule has 0 unspecified atom stereocenters. The van der Waals surface area contributed by atoms with Crippen molar-refractivity contribution in [1.82, 2.24) is 9.78 Å². The van der Waals surface area contributed by atoms with E-state index < -0.39 is 0 Å². The molecule has 1 aliphatic rings. The lowest BCUT2D eigenvalue weighted by Gasteiger charge is -2.09. The summed E-state index contributed by atoms with van der Waals surface area (Å²) in [5, 5.41) is 4.85. The number of rotatable bonds is 6. The number of benzene rings is 3. The predicted molar refractivity (Wildman–Crippen MR) is 133 cm³/mol. The standard InChI is InChI=1S/C29H26N2O3/c1-19(2)18-33-24-12-10-21(11-13-24)28-22(17-31(30-28)23-7-5-4-6-8-23)16-27-29(32)25-15-20(3)9-14-26(25)34-27/h4-17,19H,18H2,1-3H3/b27-16-. The Morgan fingerprint density at radius 1 is 1.03 bits per heavy atom. The van der Waals surface area contributed by atoms with Gasteiger partial charge in [0.15, 0.2) is 5.76 Å². The van der Waals surface area contributed by atoms with E-state index in [0.29, 0.717) is 29.6 Å². The second-order valence-corrected chi connectivity index (χ2v) is 8.88. The van der Waals surface area contributed by atoms with Gasteiger partial charge in [0.2, 0.25) is 5.78 Å². The van der Waals surface area contributed by atoms with Gasteiger partial charge in [0.05, 0.1) is 17.9 Å². The summed E-state index contributed by atoms with van der Waals surface area (Å²) < 4.78 is 13.6. The zero-order valence-corrected chi connectivity index (χ0v) is 19.5. The van der Waals surface area contributed by atoms with Crippen LogP contribution in [-0.2, 0) is 0 Å². The number of ketones is 1. The molecule has 0 fully saturated rings. The van der Waals surface area contributed by atoms with Gasteiger partial charge in [0.1, 0.15) is 17.2 Å². The van der Waals surface area contributed by atoms with Crippen molar-refractivity contribution in [3.63, 3.8) is 0 Å². The van der Waals surface area contributed by atoms with Gasteiger partial charge < -0.3 is 9.47 Å². The lowest BCUT2D eigenvalue weighted by molar-refractivity contribution is 0.101. The molecule has 4 aromatic rings. The number of hydrogen-bond donors (Lipinski definition) is 0. The zero-order valence-electron chi connectivity index (χ0n) is 19.5. The molecule has 0 spiro atoms. The van der Waals surface area contributed by atoms with Crippen LogP contribution in [0.3, 0.4) is 0 Å². The van der Waals surface area contributed by atoms with Gasteiger partial charge in [-0.1, -0.05) is 43.7 Å².